The summed E-state index contributed by atoms with van der Waals surface area (Å²) in [5.74, 6) is -0.758. The van der Waals surface area contributed by atoms with Crippen LogP contribution >= 0.6 is 0 Å². The van der Waals surface area contributed by atoms with Crippen molar-refractivity contribution in [2.45, 2.75) is 6.42 Å². The second-order valence-electron chi connectivity index (χ2n) is 5.83. The number of anilines is 1. The Morgan fingerprint density at radius 1 is 1.08 bits per heavy atom. The van der Waals surface area contributed by atoms with Crippen LogP contribution in [-0.2, 0) is 19.6 Å². The predicted octanol–water partition coefficient (Wildman–Crippen LogP) is 0.625. The van der Waals surface area contributed by atoms with Crippen LogP contribution < -0.4 is 5.32 Å². The molecule has 1 amide bonds. The smallest absolute Gasteiger partial charge is 0.337 e. The van der Waals surface area contributed by atoms with Gasteiger partial charge in [-0.1, -0.05) is 0 Å². The molecule has 25 heavy (non-hydrogen) atoms. The molecule has 0 aliphatic heterocycles. The van der Waals surface area contributed by atoms with E-state index in [4.69, 9.17) is 0 Å². The van der Waals surface area contributed by atoms with Crippen molar-refractivity contribution in [1.29, 1.82) is 0 Å². The standard InChI is InChI=1S/C16H25N3O5S/c1-18(2)11-12-19(25(4,22)23)10-9-15(20)17-14-7-5-13(6-8-14)16(21)24-3/h5-8H,9-12H2,1-4H3,(H,17,20). The van der Waals surface area contributed by atoms with E-state index < -0.39 is 16.0 Å². The third-order valence-electron chi connectivity index (χ3n) is 3.44. The maximum atomic E-state index is 12.0. The molecule has 0 heterocycles. The number of carbonyl (C=O) groups is 2. The second kappa shape index (κ2) is 9.50. The highest BCUT2D eigenvalue weighted by Gasteiger charge is 2.18. The SMILES string of the molecule is COC(=O)c1ccc(NC(=O)CCN(CCN(C)C)S(C)(=O)=O)cc1. The number of ether oxygens (including phenoxy) is 1. The van der Waals surface area contributed by atoms with Crippen LogP contribution in [0.5, 0.6) is 0 Å². The number of carbonyl (C=O) groups excluding carboxylic acids is 2. The zero-order valence-electron chi connectivity index (χ0n) is 15.0. The van der Waals surface area contributed by atoms with Gasteiger partial charge in [0.1, 0.15) is 0 Å². The van der Waals surface area contributed by atoms with Gasteiger partial charge in [-0.15, -0.1) is 0 Å². The topological polar surface area (TPSA) is 96.0 Å². The molecular formula is C16H25N3O5S. The molecule has 1 rings (SSSR count). The van der Waals surface area contributed by atoms with Crippen LogP contribution in [0.1, 0.15) is 16.8 Å². The number of likely N-dealkylation sites (N-methyl/N-ethyl adjacent to an activating group) is 1. The molecule has 0 aromatic heterocycles. The van der Waals surface area contributed by atoms with Gasteiger partial charge in [0.2, 0.25) is 15.9 Å². The minimum atomic E-state index is -3.37. The van der Waals surface area contributed by atoms with Crippen LogP contribution in [0.2, 0.25) is 0 Å². The number of rotatable bonds is 9. The van der Waals surface area contributed by atoms with Gasteiger partial charge in [-0.2, -0.15) is 0 Å². The van der Waals surface area contributed by atoms with E-state index >= 15 is 0 Å². The van der Waals surface area contributed by atoms with Crippen molar-refractivity contribution in [2.75, 3.05) is 52.4 Å². The molecule has 1 aromatic rings. The Hall–Kier alpha value is -1.97. The van der Waals surface area contributed by atoms with E-state index in [0.717, 1.165) is 6.26 Å². The van der Waals surface area contributed by atoms with Crippen LogP contribution in [0, 0.1) is 0 Å². The molecule has 0 saturated carbocycles. The lowest BCUT2D eigenvalue weighted by Gasteiger charge is -2.21. The summed E-state index contributed by atoms with van der Waals surface area (Å²) in [5, 5.41) is 2.67. The lowest BCUT2D eigenvalue weighted by molar-refractivity contribution is -0.116. The van der Waals surface area contributed by atoms with Crippen molar-refractivity contribution >= 4 is 27.6 Å². The fourth-order valence-electron chi connectivity index (χ4n) is 2.01. The van der Waals surface area contributed by atoms with Gasteiger partial charge in [-0.25, -0.2) is 17.5 Å². The molecular weight excluding hydrogens is 346 g/mol. The number of benzene rings is 1. The lowest BCUT2D eigenvalue weighted by Crippen LogP contribution is -2.37. The highest BCUT2D eigenvalue weighted by Crippen LogP contribution is 2.11. The number of nitrogens with zero attached hydrogens (tertiary/aromatic N) is 2. The Labute approximate surface area is 148 Å². The van der Waals surface area contributed by atoms with E-state index in [1.54, 1.807) is 24.3 Å². The lowest BCUT2D eigenvalue weighted by atomic mass is 10.2. The average Bonchev–Trinajstić information content (AvgIpc) is 2.53. The van der Waals surface area contributed by atoms with Gasteiger partial charge < -0.3 is 15.0 Å². The average molecular weight is 371 g/mol. The molecule has 9 heteroatoms. The van der Waals surface area contributed by atoms with Crippen LogP contribution in [0.4, 0.5) is 5.69 Å². The third-order valence-corrected chi connectivity index (χ3v) is 4.75. The first-order valence-electron chi connectivity index (χ1n) is 7.71. The van der Waals surface area contributed by atoms with Crippen molar-refractivity contribution in [3.63, 3.8) is 0 Å². The molecule has 0 saturated heterocycles. The van der Waals surface area contributed by atoms with Gasteiger partial charge in [0.15, 0.2) is 0 Å². The molecule has 0 atom stereocenters. The molecule has 0 aliphatic carbocycles. The molecule has 0 spiro atoms. The summed E-state index contributed by atoms with van der Waals surface area (Å²) in [6.45, 7) is 1.01. The second-order valence-corrected chi connectivity index (χ2v) is 7.81. The maximum absolute atomic E-state index is 12.0. The molecule has 0 bridgehead atoms. The first-order chi connectivity index (χ1) is 11.6. The Morgan fingerprint density at radius 3 is 2.16 bits per heavy atom. The van der Waals surface area contributed by atoms with E-state index in [1.807, 2.05) is 19.0 Å². The molecule has 0 aliphatic rings. The minimum absolute atomic E-state index is 0.0409. The van der Waals surface area contributed by atoms with Crippen LogP contribution in [-0.4, -0.2) is 76.6 Å². The van der Waals surface area contributed by atoms with Crippen LogP contribution in [0.15, 0.2) is 24.3 Å². The van der Waals surface area contributed by atoms with Gasteiger partial charge in [0.25, 0.3) is 0 Å². The predicted molar refractivity (Wildman–Crippen MR) is 96.0 cm³/mol. The van der Waals surface area contributed by atoms with Crippen molar-refractivity contribution in [1.82, 2.24) is 9.21 Å². The van der Waals surface area contributed by atoms with Gasteiger partial charge in [-0.3, -0.25) is 4.79 Å². The van der Waals surface area contributed by atoms with E-state index in [1.165, 1.54) is 11.4 Å². The fraction of sp³-hybridized carbons (Fsp3) is 0.500. The summed E-state index contributed by atoms with van der Waals surface area (Å²) in [6, 6.07) is 6.26. The van der Waals surface area contributed by atoms with Crippen molar-refractivity contribution in [2.24, 2.45) is 0 Å². The monoisotopic (exact) mass is 371 g/mol. The fourth-order valence-corrected chi connectivity index (χ4v) is 2.85. The third kappa shape index (κ3) is 7.63. The first kappa shape index (κ1) is 21.1. The molecule has 0 radical (unpaired) electrons. The largest absolute Gasteiger partial charge is 0.465 e. The summed E-state index contributed by atoms with van der Waals surface area (Å²) >= 11 is 0. The van der Waals surface area contributed by atoms with Gasteiger partial charge >= 0.3 is 5.97 Å². The number of amides is 1. The molecule has 1 N–H and O–H groups in total. The number of sulfonamides is 1. The van der Waals surface area contributed by atoms with Crippen molar-refractivity contribution in [3.8, 4) is 0 Å². The van der Waals surface area contributed by atoms with E-state index in [9.17, 15) is 18.0 Å². The highest BCUT2D eigenvalue weighted by molar-refractivity contribution is 7.88. The Morgan fingerprint density at radius 2 is 1.68 bits per heavy atom. The number of methoxy groups -OCH3 is 1. The molecule has 8 nitrogen and oxygen atoms in total. The van der Waals surface area contributed by atoms with Gasteiger partial charge in [0.05, 0.1) is 18.9 Å². The van der Waals surface area contributed by atoms with Crippen molar-refractivity contribution in [3.05, 3.63) is 29.8 Å². The van der Waals surface area contributed by atoms with Gasteiger partial charge in [-0.05, 0) is 38.4 Å². The Kier molecular flexibility index (Phi) is 8.01. The summed E-state index contributed by atoms with van der Waals surface area (Å²) in [4.78, 5) is 25.3. The van der Waals surface area contributed by atoms with E-state index in [2.05, 4.69) is 10.1 Å². The molecule has 0 fully saturated rings. The van der Waals surface area contributed by atoms with E-state index in [-0.39, 0.29) is 18.9 Å². The van der Waals surface area contributed by atoms with Crippen LogP contribution in [0.25, 0.3) is 0 Å². The summed E-state index contributed by atoms with van der Waals surface area (Å²) in [6.07, 6.45) is 1.17. The first-order valence-corrected chi connectivity index (χ1v) is 9.56. The maximum Gasteiger partial charge on any atom is 0.337 e. The number of nitrogens with one attached hydrogen (secondary N) is 1. The number of esters is 1. The van der Waals surface area contributed by atoms with Crippen molar-refractivity contribution < 1.29 is 22.7 Å². The quantitative estimate of drug-likeness (QED) is 0.640. The summed E-state index contributed by atoms with van der Waals surface area (Å²) < 4.78 is 29.4. The van der Waals surface area contributed by atoms with Gasteiger partial charge in [0, 0.05) is 31.7 Å². The molecule has 1 aromatic carbocycles. The molecule has 140 valence electrons. The highest BCUT2D eigenvalue weighted by atomic mass is 32.2. The zero-order chi connectivity index (χ0) is 19.0. The summed E-state index contributed by atoms with van der Waals surface area (Å²) in [5.41, 5.74) is 0.907. The van der Waals surface area contributed by atoms with E-state index in [0.29, 0.717) is 24.3 Å². The van der Waals surface area contributed by atoms with Crippen LogP contribution in [0.3, 0.4) is 0 Å². The number of hydrogen-bond donors (Lipinski definition) is 1. The zero-order valence-corrected chi connectivity index (χ0v) is 15.8. The Balaban J connectivity index is 2.58. The normalized spacial score (nSPS) is 11.6. The number of hydrogen-bond acceptors (Lipinski definition) is 6. The summed E-state index contributed by atoms with van der Waals surface area (Å²) in [7, 11) is 1.63. The minimum Gasteiger partial charge on any atom is -0.465 e. The molecule has 0 unspecified atom stereocenters. The Bertz CT molecular complexity index is 686.